The van der Waals surface area contributed by atoms with Crippen LogP contribution in [0.25, 0.3) is 0 Å². The highest BCUT2D eigenvalue weighted by atomic mass is 16.1. The summed E-state index contributed by atoms with van der Waals surface area (Å²) < 4.78 is 0. The highest BCUT2D eigenvalue weighted by Crippen LogP contribution is 2.17. The summed E-state index contributed by atoms with van der Waals surface area (Å²) in [6.45, 7) is 0.593. The Morgan fingerprint density at radius 1 is 1.04 bits per heavy atom. The molecular formula is C18H23N5O. The summed E-state index contributed by atoms with van der Waals surface area (Å²) >= 11 is 0. The second-order valence-electron chi connectivity index (χ2n) is 6.14. The van der Waals surface area contributed by atoms with Gasteiger partial charge in [0.25, 0.3) is 5.91 Å². The maximum atomic E-state index is 12.4. The fraction of sp³-hybridized carbons (Fsp3) is 0.444. The fourth-order valence-electron chi connectivity index (χ4n) is 2.94. The van der Waals surface area contributed by atoms with Crippen LogP contribution in [0.1, 0.15) is 54.6 Å². The van der Waals surface area contributed by atoms with Crippen molar-refractivity contribution < 1.29 is 4.79 Å². The van der Waals surface area contributed by atoms with Crippen molar-refractivity contribution in [3.05, 3.63) is 48.0 Å². The second kappa shape index (κ2) is 8.38. The van der Waals surface area contributed by atoms with Crippen molar-refractivity contribution in [2.24, 2.45) is 0 Å². The van der Waals surface area contributed by atoms with E-state index >= 15 is 0 Å². The van der Waals surface area contributed by atoms with E-state index in [-0.39, 0.29) is 11.9 Å². The van der Waals surface area contributed by atoms with Gasteiger partial charge in [-0.3, -0.25) is 9.78 Å². The highest BCUT2D eigenvalue weighted by Gasteiger charge is 2.16. The Balaban J connectivity index is 1.58. The van der Waals surface area contributed by atoms with Gasteiger partial charge in [0.15, 0.2) is 0 Å². The lowest BCUT2D eigenvalue weighted by Crippen LogP contribution is -2.35. The van der Waals surface area contributed by atoms with Gasteiger partial charge in [0.2, 0.25) is 5.95 Å². The molecule has 1 fully saturated rings. The molecule has 3 rings (SSSR count). The number of rotatable bonds is 5. The Labute approximate surface area is 142 Å². The summed E-state index contributed by atoms with van der Waals surface area (Å²) in [5.41, 5.74) is 1.49. The molecule has 126 valence electrons. The normalized spacial score (nSPS) is 15.5. The Kier molecular flexibility index (Phi) is 5.71. The van der Waals surface area contributed by atoms with E-state index in [9.17, 15) is 4.79 Å². The lowest BCUT2D eigenvalue weighted by Gasteiger charge is -2.16. The standard InChI is InChI=1S/C18H23N5O/c24-17(22-15-5-3-1-2-4-6-15)16-9-12-20-18(23-16)21-13-14-7-10-19-11-8-14/h7-12,15H,1-6,13H2,(H,22,24)(H,20,21,23). The van der Waals surface area contributed by atoms with Gasteiger partial charge in [-0.15, -0.1) is 0 Å². The topological polar surface area (TPSA) is 79.8 Å². The van der Waals surface area contributed by atoms with Gasteiger partial charge >= 0.3 is 0 Å². The minimum absolute atomic E-state index is 0.115. The first kappa shape index (κ1) is 16.4. The van der Waals surface area contributed by atoms with Crippen LogP contribution in [0.2, 0.25) is 0 Å². The van der Waals surface area contributed by atoms with E-state index in [2.05, 4.69) is 25.6 Å². The summed E-state index contributed by atoms with van der Waals surface area (Å²) in [6.07, 6.45) is 12.1. The van der Waals surface area contributed by atoms with Crippen LogP contribution in [0.3, 0.4) is 0 Å². The smallest absolute Gasteiger partial charge is 0.270 e. The molecule has 2 N–H and O–H groups in total. The number of aromatic nitrogens is 3. The molecule has 24 heavy (non-hydrogen) atoms. The lowest BCUT2D eigenvalue weighted by molar-refractivity contribution is 0.0928. The number of amides is 1. The zero-order chi connectivity index (χ0) is 16.6. The zero-order valence-electron chi connectivity index (χ0n) is 13.7. The molecule has 6 nitrogen and oxygen atoms in total. The predicted molar refractivity (Wildman–Crippen MR) is 92.6 cm³/mol. The van der Waals surface area contributed by atoms with Crippen molar-refractivity contribution in [3.63, 3.8) is 0 Å². The third kappa shape index (κ3) is 4.75. The monoisotopic (exact) mass is 325 g/mol. The van der Waals surface area contributed by atoms with Crippen LogP contribution in [0.4, 0.5) is 5.95 Å². The zero-order valence-corrected chi connectivity index (χ0v) is 13.7. The van der Waals surface area contributed by atoms with Crippen LogP contribution in [-0.2, 0) is 6.54 Å². The van der Waals surface area contributed by atoms with Gasteiger partial charge in [0, 0.05) is 31.2 Å². The van der Waals surface area contributed by atoms with Crippen molar-refractivity contribution in [3.8, 4) is 0 Å². The number of nitrogens with zero attached hydrogens (tertiary/aromatic N) is 3. The first-order chi connectivity index (χ1) is 11.8. The molecule has 0 aliphatic heterocycles. The van der Waals surface area contributed by atoms with Crippen LogP contribution in [0, 0.1) is 0 Å². The number of pyridine rings is 1. The molecule has 1 saturated carbocycles. The third-order valence-electron chi connectivity index (χ3n) is 4.28. The average molecular weight is 325 g/mol. The van der Waals surface area contributed by atoms with Crippen LogP contribution >= 0.6 is 0 Å². The molecule has 0 spiro atoms. The van der Waals surface area contributed by atoms with Gasteiger partial charge in [-0.05, 0) is 36.6 Å². The average Bonchev–Trinajstić information content (AvgIpc) is 2.90. The molecule has 1 amide bonds. The quantitative estimate of drug-likeness (QED) is 0.826. The van der Waals surface area contributed by atoms with Gasteiger partial charge in [0.05, 0.1) is 0 Å². The van der Waals surface area contributed by atoms with Crippen LogP contribution in [0.5, 0.6) is 0 Å². The Morgan fingerprint density at radius 3 is 2.54 bits per heavy atom. The van der Waals surface area contributed by atoms with Crippen LogP contribution in [0.15, 0.2) is 36.8 Å². The summed E-state index contributed by atoms with van der Waals surface area (Å²) in [5, 5.41) is 6.25. The fourth-order valence-corrected chi connectivity index (χ4v) is 2.94. The Morgan fingerprint density at radius 2 is 1.79 bits per heavy atom. The molecule has 0 atom stereocenters. The van der Waals surface area contributed by atoms with Crippen molar-refractivity contribution >= 4 is 11.9 Å². The van der Waals surface area contributed by atoms with Gasteiger partial charge in [0.1, 0.15) is 5.69 Å². The number of nitrogens with one attached hydrogen (secondary N) is 2. The SMILES string of the molecule is O=C(NC1CCCCCC1)c1ccnc(NCc2ccncc2)n1. The summed E-state index contributed by atoms with van der Waals surface area (Å²) in [4.78, 5) is 24.9. The molecule has 0 saturated heterocycles. The molecule has 1 aliphatic carbocycles. The summed E-state index contributed by atoms with van der Waals surface area (Å²) in [5.74, 6) is 0.344. The molecule has 2 aromatic rings. The van der Waals surface area contributed by atoms with Crippen LogP contribution in [-0.4, -0.2) is 26.9 Å². The van der Waals surface area contributed by atoms with E-state index in [1.807, 2.05) is 12.1 Å². The van der Waals surface area contributed by atoms with E-state index in [0.29, 0.717) is 18.2 Å². The minimum atomic E-state index is -0.115. The number of hydrogen-bond acceptors (Lipinski definition) is 5. The Hall–Kier alpha value is -2.50. The lowest BCUT2D eigenvalue weighted by atomic mass is 10.1. The molecular weight excluding hydrogens is 302 g/mol. The van der Waals surface area contributed by atoms with Crippen molar-refractivity contribution in [1.29, 1.82) is 0 Å². The van der Waals surface area contributed by atoms with E-state index in [4.69, 9.17) is 0 Å². The van der Waals surface area contributed by atoms with Crippen molar-refractivity contribution in [1.82, 2.24) is 20.3 Å². The summed E-state index contributed by atoms with van der Waals surface area (Å²) in [7, 11) is 0. The minimum Gasteiger partial charge on any atom is -0.350 e. The third-order valence-corrected chi connectivity index (χ3v) is 4.28. The molecule has 0 aromatic carbocycles. The number of carbonyl (C=O) groups is 1. The van der Waals surface area contributed by atoms with Crippen LogP contribution < -0.4 is 10.6 Å². The van der Waals surface area contributed by atoms with Crippen molar-refractivity contribution in [2.75, 3.05) is 5.32 Å². The van der Waals surface area contributed by atoms with E-state index in [0.717, 1.165) is 18.4 Å². The van der Waals surface area contributed by atoms with Gasteiger partial charge in [-0.1, -0.05) is 25.7 Å². The second-order valence-corrected chi connectivity index (χ2v) is 6.14. The molecule has 2 aromatic heterocycles. The van der Waals surface area contributed by atoms with E-state index < -0.39 is 0 Å². The predicted octanol–water partition coefficient (Wildman–Crippen LogP) is 2.94. The molecule has 0 radical (unpaired) electrons. The largest absolute Gasteiger partial charge is 0.350 e. The number of anilines is 1. The molecule has 0 unspecified atom stereocenters. The molecule has 0 bridgehead atoms. The highest BCUT2D eigenvalue weighted by molar-refractivity contribution is 5.92. The first-order valence-electron chi connectivity index (χ1n) is 8.58. The number of hydrogen-bond donors (Lipinski definition) is 2. The van der Waals surface area contributed by atoms with Gasteiger partial charge < -0.3 is 10.6 Å². The maximum Gasteiger partial charge on any atom is 0.270 e. The molecule has 6 heteroatoms. The first-order valence-corrected chi connectivity index (χ1v) is 8.58. The van der Waals surface area contributed by atoms with E-state index in [1.165, 1.54) is 25.7 Å². The summed E-state index contributed by atoms with van der Waals surface area (Å²) in [6, 6.07) is 5.78. The number of carbonyl (C=O) groups excluding carboxylic acids is 1. The molecule has 1 aliphatic rings. The molecule has 2 heterocycles. The Bertz CT molecular complexity index is 653. The van der Waals surface area contributed by atoms with Gasteiger partial charge in [-0.2, -0.15) is 0 Å². The maximum absolute atomic E-state index is 12.4. The van der Waals surface area contributed by atoms with E-state index in [1.54, 1.807) is 24.7 Å². The van der Waals surface area contributed by atoms with Crippen molar-refractivity contribution in [2.45, 2.75) is 51.1 Å². The van der Waals surface area contributed by atoms with Gasteiger partial charge in [-0.25, -0.2) is 9.97 Å².